The quantitative estimate of drug-likeness (QED) is 0.489. The molecule has 1 aliphatic heterocycles. The van der Waals surface area contributed by atoms with Crippen LogP contribution in [0.15, 0.2) is 54.7 Å². The molecule has 1 atom stereocenters. The summed E-state index contributed by atoms with van der Waals surface area (Å²) in [6.07, 6.45) is 3.72. The molecule has 5 rings (SSSR count). The monoisotopic (exact) mass is 449 g/mol. The summed E-state index contributed by atoms with van der Waals surface area (Å²) in [7, 11) is 0. The maximum Gasteiger partial charge on any atom is 0.225 e. The standard InChI is InChI=1S/C24H24FN5OS/c1-16-7-9-18(10-8-16)21-15-30-23(27-21)32-24(28-30)29-11-3-5-19(14-29)22(31)26-13-17-4-2-6-20(25)12-17/h2,4,6-10,12,15,19H,3,5,11,13-14H2,1H3,(H,26,31). The summed E-state index contributed by atoms with van der Waals surface area (Å²) < 4.78 is 15.2. The lowest BCUT2D eigenvalue weighted by molar-refractivity contribution is -0.125. The zero-order valence-corrected chi connectivity index (χ0v) is 18.6. The molecule has 2 aromatic heterocycles. The van der Waals surface area contributed by atoms with E-state index in [0.717, 1.165) is 46.3 Å². The van der Waals surface area contributed by atoms with E-state index in [-0.39, 0.29) is 17.6 Å². The molecule has 32 heavy (non-hydrogen) atoms. The first-order chi connectivity index (χ1) is 15.5. The lowest BCUT2D eigenvalue weighted by Gasteiger charge is -2.31. The lowest BCUT2D eigenvalue weighted by Crippen LogP contribution is -2.43. The van der Waals surface area contributed by atoms with Gasteiger partial charge in [0.1, 0.15) is 5.82 Å². The summed E-state index contributed by atoms with van der Waals surface area (Å²) in [5.74, 6) is -0.404. The number of carbonyl (C=O) groups excluding carboxylic acids is 1. The van der Waals surface area contributed by atoms with E-state index in [4.69, 9.17) is 10.1 Å². The van der Waals surface area contributed by atoms with E-state index < -0.39 is 0 Å². The predicted molar refractivity (Wildman–Crippen MR) is 124 cm³/mol. The van der Waals surface area contributed by atoms with E-state index in [9.17, 15) is 9.18 Å². The van der Waals surface area contributed by atoms with Gasteiger partial charge >= 0.3 is 0 Å². The third kappa shape index (κ3) is 4.36. The molecule has 1 unspecified atom stereocenters. The Balaban J connectivity index is 1.25. The number of anilines is 1. The minimum absolute atomic E-state index is 0.00181. The van der Waals surface area contributed by atoms with Crippen molar-refractivity contribution in [3.05, 3.63) is 71.7 Å². The smallest absolute Gasteiger partial charge is 0.225 e. The Bertz CT molecular complexity index is 1220. The Morgan fingerprint density at radius 3 is 2.88 bits per heavy atom. The molecular formula is C24H24FN5OS. The first-order valence-electron chi connectivity index (χ1n) is 10.8. The fourth-order valence-electron chi connectivity index (χ4n) is 4.03. The number of hydrogen-bond acceptors (Lipinski definition) is 5. The highest BCUT2D eigenvalue weighted by Crippen LogP contribution is 2.30. The number of nitrogens with zero attached hydrogens (tertiary/aromatic N) is 4. The highest BCUT2D eigenvalue weighted by atomic mass is 32.1. The molecule has 8 heteroatoms. The van der Waals surface area contributed by atoms with E-state index in [1.165, 1.54) is 17.7 Å². The number of fused-ring (bicyclic) bond motifs is 1. The van der Waals surface area contributed by atoms with Crippen molar-refractivity contribution < 1.29 is 9.18 Å². The number of piperidine rings is 1. The first-order valence-corrected chi connectivity index (χ1v) is 11.6. The molecule has 0 bridgehead atoms. The van der Waals surface area contributed by atoms with Crippen LogP contribution in [0.2, 0.25) is 0 Å². The van der Waals surface area contributed by atoms with Gasteiger partial charge in [-0.3, -0.25) is 4.79 Å². The van der Waals surface area contributed by atoms with Crippen LogP contribution in [0, 0.1) is 18.7 Å². The number of carbonyl (C=O) groups is 1. The fourth-order valence-corrected chi connectivity index (χ4v) is 4.94. The molecule has 4 aromatic rings. The molecule has 2 aromatic carbocycles. The van der Waals surface area contributed by atoms with E-state index >= 15 is 0 Å². The largest absolute Gasteiger partial charge is 0.352 e. The maximum absolute atomic E-state index is 13.4. The Labute approximate surface area is 189 Å². The van der Waals surface area contributed by atoms with E-state index in [2.05, 4.69) is 41.4 Å². The van der Waals surface area contributed by atoms with E-state index in [1.807, 2.05) is 16.8 Å². The minimum atomic E-state index is -0.292. The Hall–Kier alpha value is -3.26. The number of rotatable bonds is 5. The van der Waals surface area contributed by atoms with Gasteiger partial charge in [-0.1, -0.05) is 53.3 Å². The van der Waals surface area contributed by atoms with Crippen molar-refractivity contribution in [3.8, 4) is 11.3 Å². The molecule has 0 aliphatic carbocycles. The predicted octanol–water partition coefficient (Wildman–Crippen LogP) is 4.44. The Morgan fingerprint density at radius 1 is 1.25 bits per heavy atom. The summed E-state index contributed by atoms with van der Waals surface area (Å²) in [6.45, 7) is 3.89. The van der Waals surface area contributed by atoms with Gasteiger partial charge in [0.05, 0.1) is 17.8 Å². The second kappa shape index (κ2) is 8.70. The topological polar surface area (TPSA) is 62.5 Å². The number of nitrogens with one attached hydrogen (secondary N) is 1. The number of halogens is 1. The van der Waals surface area contributed by atoms with Crippen LogP contribution in [0.4, 0.5) is 9.52 Å². The van der Waals surface area contributed by atoms with Crippen LogP contribution < -0.4 is 10.2 Å². The average Bonchev–Trinajstić information content (AvgIpc) is 3.38. The third-order valence-electron chi connectivity index (χ3n) is 5.80. The van der Waals surface area contributed by atoms with Gasteiger partial charge in [-0.05, 0) is 37.5 Å². The zero-order chi connectivity index (χ0) is 22.1. The molecule has 1 amide bonds. The Kier molecular flexibility index (Phi) is 5.61. The Morgan fingerprint density at radius 2 is 2.09 bits per heavy atom. The average molecular weight is 450 g/mol. The highest BCUT2D eigenvalue weighted by molar-refractivity contribution is 7.20. The zero-order valence-electron chi connectivity index (χ0n) is 17.8. The van der Waals surface area contributed by atoms with Crippen molar-refractivity contribution in [2.75, 3.05) is 18.0 Å². The second-order valence-corrected chi connectivity index (χ2v) is 9.17. The summed E-state index contributed by atoms with van der Waals surface area (Å²) in [5.41, 5.74) is 3.96. The highest BCUT2D eigenvalue weighted by Gasteiger charge is 2.27. The van der Waals surface area contributed by atoms with Crippen LogP contribution in [0.1, 0.15) is 24.0 Å². The number of aromatic nitrogens is 3. The molecule has 0 spiro atoms. The number of amides is 1. The van der Waals surface area contributed by atoms with Crippen molar-refractivity contribution in [2.45, 2.75) is 26.3 Å². The summed E-state index contributed by atoms with van der Waals surface area (Å²) >= 11 is 1.54. The van der Waals surface area contributed by atoms with Gasteiger partial charge in [0, 0.05) is 25.2 Å². The minimum Gasteiger partial charge on any atom is -0.352 e. The normalized spacial score (nSPS) is 16.4. The van der Waals surface area contributed by atoms with Crippen LogP contribution in [-0.2, 0) is 11.3 Å². The van der Waals surface area contributed by atoms with Gasteiger partial charge in [0.2, 0.25) is 16.0 Å². The third-order valence-corrected chi connectivity index (χ3v) is 6.78. The van der Waals surface area contributed by atoms with Crippen LogP contribution in [0.5, 0.6) is 0 Å². The summed E-state index contributed by atoms with van der Waals surface area (Å²) in [5, 5.41) is 8.55. The molecule has 164 valence electrons. The molecular weight excluding hydrogens is 425 g/mol. The SMILES string of the molecule is Cc1ccc(-c2cn3nc(N4CCCC(C(=O)NCc5cccc(F)c5)C4)sc3n2)cc1. The van der Waals surface area contributed by atoms with Gasteiger partial charge in [-0.15, -0.1) is 5.10 Å². The van der Waals surface area contributed by atoms with Gasteiger partial charge in [0.25, 0.3) is 0 Å². The number of aryl methyl sites for hydroxylation is 1. The van der Waals surface area contributed by atoms with E-state index in [1.54, 1.807) is 17.4 Å². The van der Waals surface area contributed by atoms with Crippen LogP contribution in [0.25, 0.3) is 16.2 Å². The van der Waals surface area contributed by atoms with Crippen molar-refractivity contribution in [3.63, 3.8) is 0 Å². The fraction of sp³-hybridized carbons (Fsp3) is 0.292. The molecule has 1 N–H and O–H groups in total. The summed E-state index contributed by atoms with van der Waals surface area (Å²) in [6, 6.07) is 14.6. The first kappa shape index (κ1) is 20.6. The lowest BCUT2D eigenvalue weighted by atomic mass is 9.97. The molecule has 1 saturated heterocycles. The van der Waals surface area contributed by atoms with Crippen molar-refractivity contribution in [1.29, 1.82) is 0 Å². The molecule has 6 nitrogen and oxygen atoms in total. The van der Waals surface area contributed by atoms with Gasteiger partial charge in [-0.25, -0.2) is 13.9 Å². The van der Waals surface area contributed by atoms with Gasteiger partial charge in [0.15, 0.2) is 0 Å². The second-order valence-electron chi connectivity index (χ2n) is 8.24. The van der Waals surface area contributed by atoms with E-state index in [0.29, 0.717) is 13.1 Å². The molecule has 1 fully saturated rings. The molecule has 0 saturated carbocycles. The van der Waals surface area contributed by atoms with Gasteiger partial charge < -0.3 is 10.2 Å². The molecule has 1 aliphatic rings. The summed E-state index contributed by atoms with van der Waals surface area (Å²) in [4.78, 5) is 20.5. The van der Waals surface area contributed by atoms with Crippen molar-refractivity contribution in [1.82, 2.24) is 19.9 Å². The van der Waals surface area contributed by atoms with Crippen LogP contribution in [-0.4, -0.2) is 33.6 Å². The van der Waals surface area contributed by atoms with Crippen LogP contribution in [0.3, 0.4) is 0 Å². The number of benzene rings is 2. The van der Waals surface area contributed by atoms with Crippen molar-refractivity contribution >= 4 is 27.3 Å². The van der Waals surface area contributed by atoms with Crippen molar-refractivity contribution in [2.24, 2.45) is 5.92 Å². The van der Waals surface area contributed by atoms with Crippen LogP contribution >= 0.6 is 11.3 Å². The maximum atomic E-state index is 13.4. The number of hydrogen-bond donors (Lipinski definition) is 1. The number of imidazole rings is 1. The molecule has 3 heterocycles. The molecule has 0 radical (unpaired) electrons. The van der Waals surface area contributed by atoms with Gasteiger partial charge in [-0.2, -0.15) is 0 Å².